The molecule has 0 amide bonds. The first-order valence-electron chi connectivity index (χ1n) is 8.22. The number of unbranched alkanes of at least 4 members (excludes halogenated alkanes) is 1. The Morgan fingerprint density at radius 3 is 2.72 bits per heavy atom. The summed E-state index contributed by atoms with van der Waals surface area (Å²) in [6, 6.07) is 1.97. The van der Waals surface area contributed by atoms with E-state index in [2.05, 4.69) is 32.4 Å². The van der Waals surface area contributed by atoms with E-state index in [0.29, 0.717) is 11.1 Å². The van der Waals surface area contributed by atoms with Gasteiger partial charge in [-0.3, -0.25) is 4.68 Å². The summed E-state index contributed by atoms with van der Waals surface area (Å²) in [5.41, 5.74) is 3.51. The number of nitrogens with zero attached hydrogens (tertiary/aromatic N) is 8. The molecule has 0 spiro atoms. The summed E-state index contributed by atoms with van der Waals surface area (Å²) < 4.78 is 5.09. The summed E-state index contributed by atoms with van der Waals surface area (Å²) in [5.74, 6) is 0.522. The topological polar surface area (TPSA) is 78.7 Å². The van der Waals surface area contributed by atoms with Crippen LogP contribution in [0.15, 0.2) is 17.5 Å². The minimum atomic E-state index is 0.522. The summed E-state index contributed by atoms with van der Waals surface area (Å²) in [5, 5.41) is 22.0. The maximum atomic E-state index is 6.44. The van der Waals surface area contributed by atoms with Crippen molar-refractivity contribution < 1.29 is 0 Å². The molecule has 132 valence electrons. The molecule has 8 nitrogen and oxygen atoms in total. The van der Waals surface area contributed by atoms with Gasteiger partial charge in [0, 0.05) is 12.2 Å². The Morgan fingerprint density at radius 2 is 2.04 bits per heavy atom. The molecule has 3 rings (SSSR count). The molecule has 0 N–H and O–H groups in total. The predicted molar refractivity (Wildman–Crippen MR) is 96.5 cm³/mol. The summed E-state index contributed by atoms with van der Waals surface area (Å²) in [6.45, 7) is 8.75. The third-order valence-corrected chi connectivity index (χ3v) is 4.25. The monoisotopic (exact) mass is 360 g/mol. The molecule has 9 heteroatoms. The normalized spacial score (nSPS) is 11.7. The van der Waals surface area contributed by atoms with Crippen LogP contribution in [0.25, 0.3) is 5.95 Å². The Balaban J connectivity index is 1.90. The van der Waals surface area contributed by atoms with Crippen molar-refractivity contribution in [1.82, 2.24) is 34.4 Å². The van der Waals surface area contributed by atoms with Gasteiger partial charge in [-0.05, 0) is 33.3 Å². The Kier molecular flexibility index (Phi) is 4.98. The number of halogens is 1. The molecule has 0 aliphatic heterocycles. The van der Waals surface area contributed by atoms with Crippen molar-refractivity contribution in [3.05, 3.63) is 40.2 Å². The van der Waals surface area contributed by atoms with Crippen molar-refractivity contribution in [2.45, 2.75) is 47.1 Å². The van der Waals surface area contributed by atoms with Gasteiger partial charge in [-0.1, -0.05) is 24.9 Å². The molecule has 0 radical (unpaired) electrons. The maximum Gasteiger partial charge on any atom is 0.273 e. The minimum Gasteiger partial charge on any atom is -0.253 e. The van der Waals surface area contributed by atoms with Gasteiger partial charge in [0.25, 0.3) is 5.95 Å². The Bertz CT molecular complexity index is 902. The van der Waals surface area contributed by atoms with Crippen molar-refractivity contribution in [2.75, 3.05) is 0 Å². The third kappa shape index (κ3) is 3.48. The largest absolute Gasteiger partial charge is 0.273 e. The van der Waals surface area contributed by atoms with E-state index >= 15 is 0 Å². The molecular weight excluding hydrogens is 340 g/mol. The van der Waals surface area contributed by atoms with Crippen molar-refractivity contribution in [2.24, 2.45) is 5.10 Å². The molecule has 0 fully saturated rings. The molecule has 3 aromatic rings. The van der Waals surface area contributed by atoms with Gasteiger partial charge in [-0.15, -0.1) is 10.2 Å². The molecule has 3 heterocycles. The standard InChI is InChI=1S/C16H21ClN8/c1-5-6-7-23-15(17)14(13(4)22-23)9-19-24-10-18-20-16(24)25-12(3)8-11(2)21-25/h8-10H,5-7H2,1-4H3/b19-9-. The molecule has 0 aliphatic rings. The minimum absolute atomic E-state index is 0.522. The first-order valence-corrected chi connectivity index (χ1v) is 8.60. The van der Waals surface area contributed by atoms with Crippen LogP contribution in [0, 0.1) is 20.8 Å². The average Bonchev–Trinajstić information content (AvgIpc) is 3.23. The van der Waals surface area contributed by atoms with Crippen LogP contribution in [0.3, 0.4) is 0 Å². The molecule has 0 bridgehead atoms. The van der Waals surface area contributed by atoms with Crippen LogP contribution in [0.1, 0.15) is 42.4 Å². The molecule has 0 saturated heterocycles. The zero-order valence-corrected chi connectivity index (χ0v) is 15.6. The first kappa shape index (κ1) is 17.3. The van der Waals surface area contributed by atoms with Gasteiger partial charge < -0.3 is 0 Å². The lowest BCUT2D eigenvalue weighted by Gasteiger charge is -2.02. The zero-order chi connectivity index (χ0) is 18.0. The molecule has 3 aromatic heterocycles. The second-order valence-electron chi connectivity index (χ2n) is 5.93. The van der Waals surface area contributed by atoms with E-state index in [1.807, 2.05) is 31.5 Å². The van der Waals surface area contributed by atoms with E-state index in [4.69, 9.17) is 11.6 Å². The Morgan fingerprint density at radius 1 is 1.24 bits per heavy atom. The van der Waals surface area contributed by atoms with E-state index in [0.717, 1.165) is 42.0 Å². The van der Waals surface area contributed by atoms with Gasteiger partial charge in [0.2, 0.25) is 0 Å². The summed E-state index contributed by atoms with van der Waals surface area (Å²) in [6.07, 6.45) is 5.34. The summed E-state index contributed by atoms with van der Waals surface area (Å²) in [4.78, 5) is 0. The fourth-order valence-corrected chi connectivity index (χ4v) is 2.87. The fraction of sp³-hybridized carbons (Fsp3) is 0.438. The SMILES string of the molecule is CCCCn1nc(C)c(/C=N\n2cnnc2-n2nc(C)cc2C)c1Cl. The van der Waals surface area contributed by atoms with Crippen molar-refractivity contribution >= 4 is 17.8 Å². The van der Waals surface area contributed by atoms with Crippen LogP contribution in [0.4, 0.5) is 0 Å². The van der Waals surface area contributed by atoms with E-state index < -0.39 is 0 Å². The van der Waals surface area contributed by atoms with Gasteiger partial charge in [-0.25, -0.2) is 4.68 Å². The smallest absolute Gasteiger partial charge is 0.253 e. The van der Waals surface area contributed by atoms with Crippen LogP contribution < -0.4 is 0 Å². The first-order chi connectivity index (χ1) is 12.0. The molecule has 0 unspecified atom stereocenters. The summed E-state index contributed by atoms with van der Waals surface area (Å²) in [7, 11) is 0. The zero-order valence-electron chi connectivity index (χ0n) is 14.8. The highest BCUT2D eigenvalue weighted by Crippen LogP contribution is 2.19. The van der Waals surface area contributed by atoms with E-state index in [1.54, 1.807) is 15.6 Å². The van der Waals surface area contributed by atoms with Crippen LogP contribution in [-0.2, 0) is 6.54 Å². The van der Waals surface area contributed by atoms with Gasteiger partial charge >= 0.3 is 0 Å². The van der Waals surface area contributed by atoms with Crippen LogP contribution in [-0.4, -0.2) is 40.6 Å². The quantitative estimate of drug-likeness (QED) is 0.633. The van der Waals surface area contributed by atoms with Crippen LogP contribution in [0.5, 0.6) is 0 Å². The lowest BCUT2D eigenvalue weighted by Crippen LogP contribution is -2.06. The van der Waals surface area contributed by atoms with Gasteiger partial charge in [0.15, 0.2) is 0 Å². The van der Waals surface area contributed by atoms with Gasteiger partial charge in [0.05, 0.1) is 23.2 Å². The number of aromatic nitrogens is 7. The van der Waals surface area contributed by atoms with Crippen molar-refractivity contribution in [3.63, 3.8) is 0 Å². The number of rotatable bonds is 6. The highest BCUT2D eigenvalue weighted by Gasteiger charge is 2.13. The lowest BCUT2D eigenvalue weighted by atomic mass is 10.3. The molecule has 0 aromatic carbocycles. The molecule has 0 saturated carbocycles. The Hall–Kier alpha value is -2.48. The summed E-state index contributed by atoms with van der Waals surface area (Å²) >= 11 is 6.44. The number of hydrogen-bond acceptors (Lipinski definition) is 5. The van der Waals surface area contributed by atoms with Crippen LogP contribution >= 0.6 is 11.6 Å². The van der Waals surface area contributed by atoms with Gasteiger partial charge in [-0.2, -0.15) is 20.0 Å². The highest BCUT2D eigenvalue weighted by molar-refractivity contribution is 6.32. The van der Waals surface area contributed by atoms with E-state index in [9.17, 15) is 0 Å². The second kappa shape index (κ2) is 7.18. The number of aryl methyl sites for hydroxylation is 4. The van der Waals surface area contributed by atoms with Crippen molar-refractivity contribution in [3.8, 4) is 5.95 Å². The Labute approximate surface area is 151 Å². The fourth-order valence-electron chi connectivity index (χ4n) is 2.57. The maximum absolute atomic E-state index is 6.44. The van der Waals surface area contributed by atoms with E-state index in [1.165, 1.54) is 6.33 Å². The van der Waals surface area contributed by atoms with Crippen LogP contribution in [0.2, 0.25) is 5.15 Å². The second-order valence-corrected chi connectivity index (χ2v) is 6.28. The average molecular weight is 361 g/mol. The number of hydrogen-bond donors (Lipinski definition) is 0. The molecule has 25 heavy (non-hydrogen) atoms. The predicted octanol–water partition coefficient (Wildman–Crippen LogP) is 2.92. The van der Waals surface area contributed by atoms with Crippen molar-refractivity contribution in [1.29, 1.82) is 0 Å². The van der Waals surface area contributed by atoms with Gasteiger partial charge in [0.1, 0.15) is 11.5 Å². The molecule has 0 aliphatic carbocycles. The van der Waals surface area contributed by atoms with E-state index in [-0.39, 0.29) is 0 Å². The highest BCUT2D eigenvalue weighted by atomic mass is 35.5. The molecule has 0 atom stereocenters. The lowest BCUT2D eigenvalue weighted by molar-refractivity contribution is 0.569. The third-order valence-electron chi connectivity index (χ3n) is 3.86. The molecular formula is C16H21ClN8.